The topological polar surface area (TPSA) is 37.3 Å². The first-order chi connectivity index (χ1) is 15.1. The second-order valence-electron chi connectivity index (χ2n) is 8.75. The van der Waals surface area contributed by atoms with E-state index in [1.807, 2.05) is 18.2 Å². The molecule has 0 aliphatic heterocycles. The summed E-state index contributed by atoms with van der Waals surface area (Å²) >= 11 is 0. The average molecular weight is 423 g/mol. The molecule has 170 valence electrons. The fourth-order valence-electron chi connectivity index (χ4n) is 4.70. The lowest BCUT2D eigenvalue weighted by Gasteiger charge is -2.26. The molecule has 2 aromatic rings. The number of hydrogen-bond acceptors (Lipinski definition) is 1. The van der Waals surface area contributed by atoms with E-state index in [-0.39, 0.29) is 0 Å². The maximum Gasteiger partial charge on any atom is 0.336 e. The van der Waals surface area contributed by atoms with Crippen molar-refractivity contribution in [2.24, 2.45) is 0 Å². The zero-order valence-electron chi connectivity index (χ0n) is 20.2. The van der Waals surface area contributed by atoms with E-state index < -0.39 is 5.97 Å². The summed E-state index contributed by atoms with van der Waals surface area (Å²) in [6.07, 6.45) is 12.8. The summed E-state index contributed by atoms with van der Waals surface area (Å²) in [5, 5.41) is 10.5. The van der Waals surface area contributed by atoms with Gasteiger partial charge in [0.05, 0.1) is 5.56 Å². The largest absolute Gasteiger partial charge is 0.478 e. The standard InChI is InChI=1S/C29H42O2/c1-5-9-18-23-24(19-10-6-2)26(21-12-8-4)28(29(30)31)27(25(23)20-11-7-3)22-16-14-13-15-17-22/h13-17H,5-12,18-21H2,1-4H3,(H,30,31). The molecule has 0 aromatic heterocycles. The predicted octanol–water partition coefficient (Wildman–Crippen LogP) is 8.42. The molecule has 1 N–H and O–H groups in total. The highest BCUT2D eigenvalue weighted by Gasteiger charge is 2.27. The second-order valence-corrected chi connectivity index (χ2v) is 8.75. The smallest absolute Gasteiger partial charge is 0.336 e. The van der Waals surface area contributed by atoms with Gasteiger partial charge in [0.2, 0.25) is 0 Å². The Morgan fingerprint density at radius 2 is 1.06 bits per heavy atom. The van der Waals surface area contributed by atoms with Crippen LogP contribution in [0.5, 0.6) is 0 Å². The van der Waals surface area contributed by atoms with Crippen molar-refractivity contribution in [1.29, 1.82) is 0 Å². The quantitative estimate of drug-likeness (QED) is 0.332. The van der Waals surface area contributed by atoms with Crippen molar-refractivity contribution in [1.82, 2.24) is 0 Å². The zero-order valence-corrected chi connectivity index (χ0v) is 20.2. The molecule has 0 fully saturated rings. The Bertz CT molecular complexity index is 821. The van der Waals surface area contributed by atoms with Gasteiger partial charge in [-0.25, -0.2) is 4.79 Å². The Balaban J connectivity index is 2.93. The van der Waals surface area contributed by atoms with Gasteiger partial charge in [0.15, 0.2) is 0 Å². The van der Waals surface area contributed by atoms with Gasteiger partial charge in [-0.15, -0.1) is 0 Å². The maximum atomic E-state index is 12.8. The molecule has 0 saturated carbocycles. The molecule has 2 heteroatoms. The SMILES string of the molecule is CCCCc1c(CCCC)c(CCCC)c(-c2ccccc2)c(C(=O)O)c1CCCC. The number of unbranched alkanes of at least 4 members (excludes halogenated alkanes) is 4. The van der Waals surface area contributed by atoms with Crippen LogP contribution in [-0.4, -0.2) is 11.1 Å². The molecule has 2 aromatic carbocycles. The Labute approximate surface area is 190 Å². The highest BCUT2D eigenvalue weighted by molar-refractivity contribution is 5.99. The van der Waals surface area contributed by atoms with Crippen LogP contribution in [0.4, 0.5) is 0 Å². The Hall–Kier alpha value is -2.09. The van der Waals surface area contributed by atoms with E-state index in [1.165, 1.54) is 16.7 Å². The molecule has 0 amide bonds. The predicted molar refractivity (Wildman–Crippen MR) is 133 cm³/mol. The third-order valence-electron chi connectivity index (χ3n) is 6.34. The third kappa shape index (κ3) is 6.45. The first-order valence-corrected chi connectivity index (χ1v) is 12.6. The van der Waals surface area contributed by atoms with Crippen LogP contribution in [0.1, 0.15) is 112 Å². The van der Waals surface area contributed by atoms with Crippen molar-refractivity contribution in [3.8, 4) is 11.1 Å². The molecular weight excluding hydrogens is 380 g/mol. The second kappa shape index (κ2) is 13.3. The number of rotatable bonds is 14. The minimum absolute atomic E-state index is 0.581. The van der Waals surface area contributed by atoms with Crippen LogP contribution in [0.3, 0.4) is 0 Å². The van der Waals surface area contributed by atoms with E-state index in [9.17, 15) is 9.90 Å². The lowest BCUT2D eigenvalue weighted by Crippen LogP contribution is -2.16. The van der Waals surface area contributed by atoms with Gasteiger partial charge in [0, 0.05) is 0 Å². The summed E-state index contributed by atoms with van der Waals surface area (Å²) in [5.74, 6) is -0.762. The van der Waals surface area contributed by atoms with Crippen LogP contribution in [-0.2, 0) is 25.7 Å². The molecule has 0 aliphatic carbocycles. The van der Waals surface area contributed by atoms with Crippen molar-refractivity contribution in [3.05, 3.63) is 58.1 Å². The first kappa shape index (κ1) is 25.2. The summed E-state index contributed by atoms with van der Waals surface area (Å²) in [5.41, 5.74) is 7.91. The molecule has 31 heavy (non-hydrogen) atoms. The van der Waals surface area contributed by atoms with Crippen LogP contribution in [0.15, 0.2) is 30.3 Å². The maximum absolute atomic E-state index is 12.8. The summed E-state index contributed by atoms with van der Waals surface area (Å²) in [6, 6.07) is 10.3. The number of benzene rings is 2. The number of carboxylic acids is 1. The van der Waals surface area contributed by atoms with E-state index in [0.29, 0.717) is 5.56 Å². The summed E-state index contributed by atoms with van der Waals surface area (Å²) in [7, 11) is 0. The van der Waals surface area contributed by atoms with Gasteiger partial charge in [-0.1, -0.05) is 83.7 Å². The highest BCUT2D eigenvalue weighted by Crippen LogP contribution is 2.39. The van der Waals surface area contributed by atoms with Crippen LogP contribution in [0, 0.1) is 0 Å². The molecule has 0 radical (unpaired) electrons. The molecule has 0 unspecified atom stereocenters. The number of hydrogen-bond donors (Lipinski definition) is 1. The van der Waals surface area contributed by atoms with Gasteiger partial charge in [-0.3, -0.25) is 0 Å². The van der Waals surface area contributed by atoms with Crippen LogP contribution < -0.4 is 0 Å². The first-order valence-electron chi connectivity index (χ1n) is 12.6. The molecule has 0 spiro atoms. The van der Waals surface area contributed by atoms with Crippen LogP contribution in [0.2, 0.25) is 0 Å². The van der Waals surface area contributed by atoms with E-state index >= 15 is 0 Å². The molecule has 2 rings (SSSR count). The van der Waals surface area contributed by atoms with E-state index in [0.717, 1.165) is 93.7 Å². The fraction of sp³-hybridized carbons (Fsp3) is 0.552. The third-order valence-corrected chi connectivity index (χ3v) is 6.34. The summed E-state index contributed by atoms with van der Waals surface area (Å²) in [6.45, 7) is 8.89. The summed E-state index contributed by atoms with van der Waals surface area (Å²) < 4.78 is 0. The highest BCUT2D eigenvalue weighted by atomic mass is 16.4. The van der Waals surface area contributed by atoms with E-state index in [4.69, 9.17) is 0 Å². The fourth-order valence-corrected chi connectivity index (χ4v) is 4.70. The van der Waals surface area contributed by atoms with Crippen molar-refractivity contribution < 1.29 is 9.90 Å². The van der Waals surface area contributed by atoms with Gasteiger partial charge < -0.3 is 5.11 Å². The monoisotopic (exact) mass is 422 g/mol. The van der Waals surface area contributed by atoms with Gasteiger partial charge >= 0.3 is 5.97 Å². The average Bonchev–Trinajstić information content (AvgIpc) is 2.78. The van der Waals surface area contributed by atoms with Gasteiger partial charge in [-0.05, 0) is 84.7 Å². The number of carboxylic acid groups (broad SMARTS) is 1. The normalized spacial score (nSPS) is 11.1. The minimum Gasteiger partial charge on any atom is -0.478 e. The minimum atomic E-state index is -0.762. The van der Waals surface area contributed by atoms with Crippen molar-refractivity contribution in [2.75, 3.05) is 0 Å². The molecular formula is C29H42O2. The van der Waals surface area contributed by atoms with Crippen molar-refractivity contribution in [3.63, 3.8) is 0 Å². The number of aromatic carboxylic acids is 1. The summed E-state index contributed by atoms with van der Waals surface area (Å²) in [4.78, 5) is 12.8. The molecule has 0 heterocycles. The Morgan fingerprint density at radius 1 is 0.645 bits per heavy atom. The van der Waals surface area contributed by atoms with Crippen molar-refractivity contribution >= 4 is 5.97 Å². The van der Waals surface area contributed by atoms with Gasteiger partial charge in [0.1, 0.15) is 0 Å². The van der Waals surface area contributed by atoms with E-state index in [1.54, 1.807) is 0 Å². The van der Waals surface area contributed by atoms with Gasteiger partial charge in [-0.2, -0.15) is 0 Å². The van der Waals surface area contributed by atoms with E-state index in [2.05, 4.69) is 39.8 Å². The van der Waals surface area contributed by atoms with Crippen LogP contribution in [0.25, 0.3) is 11.1 Å². The molecule has 0 saturated heterocycles. The molecule has 2 nitrogen and oxygen atoms in total. The van der Waals surface area contributed by atoms with Gasteiger partial charge in [0.25, 0.3) is 0 Å². The molecule has 0 bridgehead atoms. The number of carbonyl (C=O) groups is 1. The zero-order chi connectivity index (χ0) is 22.6. The van der Waals surface area contributed by atoms with Crippen LogP contribution >= 0.6 is 0 Å². The Morgan fingerprint density at radius 3 is 1.52 bits per heavy atom. The van der Waals surface area contributed by atoms with Crippen molar-refractivity contribution in [2.45, 2.75) is 105 Å². The Kier molecular flexibility index (Phi) is 10.8. The lowest BCUT2D eigenvalue weighted by molar-refractivity contribution is 0.0696. The lowest BCUT2D eigenvalue weighted by atomic mass is 9.78. The molecule has 0 aliphatic rings. The molecule has 0 atom stereocenters.